The molecule has 0 aliphatic heterocycles. The molecule has 1 aromatic carbocycles. The third-order valence-electron chi connectivity index (χ3n) is 4.62. The van der Waals surface area contributed by atoms with Gasteiger partial charge in [0, 0.05) is 29.4 Å². The van der Waals surface area contributed by atoms with Gasteiger partial charge in [0.25, 0.3) is 0 Å². The zero-order valence-electron chi connectivity index (χ0n) is 15.5. The zero-order chi connectivity index (χ0) is 19.7. The molecule has 0 fully saturated rings. The summed E-state index contributed by atoms with van der Waals surface area (Å²) in [6.07, 6.45) is 3.47. The highest BCUT2D eigenvalue weighted by Gasteiger charge is 2.15. The molecular formula is C21H18N2O5. The van der Waals surface area contributed by atoms with E-state index in [9.17, 15) is 9.59 Å². The van der Waals surface area contributed by atoms with Gasteiger partial charge in [0.1, 0.15) is 18.0 Å². The van der Waals surface area contributed by atoms with Gasteiger partial charge in [-0.05, 0) is 43.2 Å². The van der Waals surface area contributed by atoms with Crippen LogP contribution in [0.5, 0.6) is 0 Å². The number of carbonyl (C=O) groups is 1. The first-order chi connectivity index (χ1) is 13.5. The molecule has 0 spiro atoms. The van der Waals surface area contributed by atoms with Crippen molar-refractivity contribution in [2.45, 2.75) is 27.0 Å². The smallest absolute Gasteiger partial charge is 0.374 e. The molecule has 3 aromatic heterocycles. The molecule has 7 heteroatoms. The first kappa shape index (κ1) is 17.8. The number of hydrogen-bond donors (Lipinski definition) is 0. The maximum absolute atomic E-state index is 12.3. The summed E-state index contributed by atoms with van der Waals surface area (Å²) < 4.78 is 17.9. The van der Waals surface area contributed by atoms with Crippen molar-refractivity contribution in [1.82, 2.24) is 9.78 Å². The van der Waals surface area contributed by atoms with E-state index >= 15 is 0 Å². The molecule has 0 saturated heterocycles. The molecule has 0 unspecified atom stereocenters. The lowest BCUT2D eigenvalue weighted by molar-refractivity contribution is 0.0435. The number of aryl methyl sites for hydroxylation is 2. The summed E-state index contributed by atoms with van der Waals surface area (Å²) in [5.74, 6) is 0.0888. The van der Waals surface area contributed by atoms with E-state index in [-0.39, 0.29) is 12.4 Å². The fourth-order valence-electron chi connectivity index (χ4n) is 2.98. The number of carbonyl (C=O) groups excluding carboxylic acids is 1. The van der Waals surface area contributed by atoms with Crippen LogP contribution in [0.3, 0.4) is 0 Å². The second-order valence-corrected chi connectivity index (χ2v) is 6.52. The van der Waals surface area contributed by atoms with E-state index in [4.69, 9.17) is 13.6 Å². The van der Waals surface area contributed by atoms with Crippen molar-refractivity contribution in [3.05, 3.63) is 87.4 Å². The Bertz CT molecular complexity index is 1200. The highest BCUT2D eigenvalue weighted by Crippen LogP contribution is 2.24. The van der Waals surface area contributed by atoms with Crippen LogP contribution >= 0.6 is 0 Å². The Balaban J connectivity index is 1.52. The van der Waals surface area contributed by atoms with Crippen molar-refractivity contribution in [1.29, 1.82) is 0 Å². The molecule has 0 aliphatic carbocycles. The van der Waals surface area contributed by atoms with Crippen molar-refractivity contribution >= 4 is 16.9 Å². The summed E-state index contributed by atoms with van der Waals surface area (Å²) >= 11 is 0. The predicted molar refractivity (Wildman–Crippen MR) is 101 cm³/mol. The first-order valence-corrected chi connectivity index (χ1v) is 8.77. The minimum atomic E-state index is -0.600. The van der Waals surface area contributed by atoms with Gasteiger partial charge < -0.3 is 13.6 Å². The van der Waals surface area contributed by atoms with Gasteiger partial charge in [-0.2, -0.15) is 5.10 Å². The topological polar surface area (TPSA) is 87.5 Å². The minimum absolute atomic E-state index is 0.0569. The van der Waals surface area contributed by atoms with Crippen molar-refractivity contribution < 1.29 is 18.4 Å². The largest absolute Gasteiger partial charge is 0.455 e. The summed E-state index contributed by atoms with van der Waals surface area (Å²) in [4.78, 5) is 24.2. The predicted octanol–water partition coefficient (Wildman–Crippen LogP) is 3.60. The standard InChI is InChI=1S/C21H18N2O5/c1-13-4-6-17-15(10-19(24)28-20(17)14(13)2)12-26-21(25)18-7-5-16(27-18)11-23-9-3-8-22-23/h3-10H,11-12H2,1-2H3. The highest BCUT2D eigenvalue weighted by molar-refractivity contribution is 5.87. The van der Waals surface area contributed by atoms with Crippen LogP contribution in [0.15, 0.2) is 62.4 Å². The Kier molecular flexibility index (Phi) is 4.57. The fourth-order valence-corrected chi connectivity index (χ4v) is 2.98. The Morgan fingerprint density at radius 1 is 1.18 bits per heavy atom. The molecule has 0 radical (unpaired) electrons. The second-order valence-electron chi connectivity index (χ2n) is 6.52. The van der Waals surface area contributed by atoms with E-state index in [1.54, 1.807) is 29.2 Å². The molecule has 142 valence electrons. The van der Waals surface area contributed by atoms with Crippen LogP contribution in [0.25, 0.3) is 11.0 Å². The number of aromatic nitrogens is 2. The number of rotatable bonds is 5. The number of benzene rings is 1. The maximum atomic E-state index is 12.3. The lowest BCUT2D eigenvalue weighted by Gasteiger charge is -2.09. The molecule has 0 amide bonds. The number of esters is 1. The third-order valence-corrected chi connectivity index (χ3v) is 4.62. The van der Waals surface area contributed by atoms with Gasteiger partial charge in [0.15, 0.2) is 0 Å². The highest BCUT2D eigenvalue weighted by atomic mass is 16.5. The molecule has 0 saturated carbocycles. The molecule has 4 rings (SSSR count). The molecule has 3 heterocycles. The Morgan fingerprint density at radius 3 is 2.82 bits per heavy atom. The van der Waals surface area contributed by atoms with Crippen molar-refractivity contribution in [2.75, 3.05) is 0 Å². The first-order valence-electron chi connectivity index (χ1n) is 8.77. The number of ether oxygens (including phenoxy) is 1. The SMILES string of the molecule is Cc1ccc2c(COC(=O)c3ccc(Cn4cccn4)o3)cc(=O)oc2c1C. The summed E-state index contributed by atoms with van der Waals surface area (Å²) in [7, 11) is 0. The van der Waals surface area contributed by atoms with Crippen LogP contribution in [0.2, 0.25) is 0 Å². The molecule has 28 heavy (non-hydrogen) atoms. The average Bonchev–Trinajstić information content (AvgIpc) is 3.35. The molecule has 4 aromatic rings. The molecule has 0 bridgehead atoms. The summed E-state index contributed by atoms with van der Waals surface area (Å²) in [6.45, 7) is 4.20. The van der Waals surface area contributed by atoms with Crippen LogP contribution in [0.1, 0.15) is 33.0 Å². The van der Waals surface area contributed by atoms with Gasteiger partial charge in [-0.25, -0.2) is 9.59 Å². The molecular weight excluding hydrogens is 360 g/mol. The van der Waals surface area contributed by atoms with Gasteiger partial charge in [-0.15, -0.1) is 0 Å². The zero-order valence-corrected chi connectivity index (χ0v) is 15.5. The van der Waals surface area contributed by atoms with Gasteiger partial charge in [0.2, 0.25) is 5.76 Å². The van der Waals surface area contributed by atoms with Crippen molar-refractivity contribution in [3.63, 3.8) is 0 Å². The van der Waals surface area contributed by atoms with E-state index in [0.717, 1.165) is 16.5 Å². The van der Waals surface area contributed by atoms with Crippen LogP contribution < -0.4 is 5.63 Å². The second kappa shape index (κ2) is 7.19. The lowest BCUT2D eigenvalue weighted by atomic mass is 10.0. The van der Waals surface area contributed by atoms with E-state index in [0.29, 0.717) is 23.5 Å². The van der Waals surface area contributed by atoms with Crippen LogP contribution in [0.4, 0.5) is 0 Å². The maximum Gasteiger partial charge on any atom is 0.374 e. The van der Waals surface area contributed by atoms with E-state index in [1.807, 2.05) is 32.0 Å². The lowest BCUT2D eigenvalue weighted by Crippen LogP contribution is -2.08. The monoisotopic (exact) mass is 378 g/mol. The van der Waals surface area contributed by atoms with Crippen molar-refractivity contribution in [3.8, 4) is 0 Å². The van der Waals surface area contributed by atoms with Gasteiger partial charge in [-0.1, -0.05) is 12.1 Å². The van der Waals surface area contributed by atoms with Crippen LogP contribution in [-0.2, 0) is 17.9 Å². The quantitative estimate of drug-likeness (QED) is 0.389. The Labute approximate surface area is 160 Å². The van der Waals surface area contributed by atoms with E-state index in [2.05, 4.69) is 5.10 Å². The minimum Gasteiger partial charge on any atom is -0.455 e. The van der Waals surface area contributed by atoms with Gasteiger partial charge in [-0.3, -0.25) is 4.68 Å². The fraction of sp³-hybridized carbons (Fsp3) is 0.190. The summed E-state index contributed by atoms with van der Waals surface area (Å²) in [5.41, 5.74) is 2.53. The number of hydrogen-bond acceptors (Lipinski definition) is 6. The van der Waals surface area contributed by atoms with Crippen LogP contribution in [0, 0.1) is 13.8 Å². The normalized spacial score (nSPS) is 11.1. The van der Waals surface area contributed by atoms with E-state index in [1.165, 1.54) is 6.07 Å². The van der Waals surface area contributed by atoms with Gasteiger partial charge >= 0.3 is 11.6 Å². The average molecular weight is 378 g/mol. The molecule has 0 atom stereocenters. The van der Waals surface area contributed by atoms with Gasteiger partial charge in [0.05, 0.1) is 6.54 Å². The number of furan rings is 1. The molecule has 7 nitrogen and oxygen atoms in total. The number of nitrogens with zero attached hydrogens (tertiary/aromatic N) is 2. The van der Waals surface area contributed by atoms with E-state index < -0.39 is 11.6 Å². The Hall–Kier alpha value is -3.61. The Morgan fingerprint density at radius 2 is 2.04 bits per heavy atom. The molecule has 0 aliphatic rings. The third kappa shape index (κ3) is 3.46. The number of fused-ring (bicyclic) bond motifs is 1. The van der Waals surface area contributed by atoms with Crippen LogP contribution in [-0.4, -0.2) is 15.7 Å². The molecule has 0 N–H and O–H groups in total. The summed E-state index contributed by atoms with van der Waals surface area (Å²) in [6, 6.07) is 10.2. The summed E-state index contributed by atoms with van der Waals surface area (Å²) in [5, 5.41) is 4.84. The van der Waals surface area contributed by atoms with Crippen molar-refractivity contribution in [2.24, 2.45) is 0 Å².